The molecule has 0 bridgehead atoms. The molecule has 0 aliphatic carbocycles. The molecule has 3 nitrogen and oxygen atoms in total. The third kappa shape index (κ3) is 2.57. The van der Waals surface area contributed by atoms with E-state index in [0.717, 1.165) is 6.42 Å². The van der Waals surface area contributed by atoms with Gasteiger partial charge in [-0.1, -0.05) is 25.1 Å². The number of benzene rings is 1. The molecule has 0 unspecified atom stereocenters. The van der Waals surface area contributed by atoms with E-state index in [-0.39, 0.29) is 18.2 Å². The molecule has 2 rings (SSSR count). The van der Waals surface area contributed by atoms with Gasteiger partial charge < -0.3 is 9.47 Å². The molecule has 1 saturated heterocycles. The summed E-state index contributed by atoms with van der Waals surface area (Å²) in [5.74, 6) is -0.266. The van der Waals surface area contributed by atoms with E-state index < -0.39 is 0 Å². The molecule has 0 radical (unpaired) electrons. The fraction of sp³-hybridized carbons (Fsp3) is 0.417. The smallest absolute Gasteiger partial charge is 0.338 e. The normalized spacial score (nSPS) is 20.7. The first-order valence-corrected chi connectivity index (χ1v) is 5.19. The highest BCUT2D eigenvalue weighted by Gasteiger charge is 2.34. The van der Waals surface area contributed by atoms with Gasteiger partial charge in [-0.05, 0) is 18.6 Å². The summed E-state index contributed by atoms with van der Waals surface area (Å²) in [7, 11) is 0. The van der Waals surface area contributed by atoms with Crippen LogP contribution in [0.5, 0.6) is 0 Å². The summed E-state index contributed by atoms with van der Waals surface area (Å²) >= 11 is 0. The van der Waals surface area contributed by atoms with Gasteiger partial charge in [-0.15, -0.1) is 0 Å². The van der Waals surface area contributed by atoms with Crippen LogP contribution in [-0.4, -0.2) is 24.8 Å². The van der Waals surface area contributed by atoms with Gasteiger partial charge in [0.25, 0.3) is 0 Å². The highest BCUT2D eigenvalue weighted by molar-refractivity contribution is 5.89. The number of esters is 1. The van der Waals surface area contributed by atoms with Crippen molar-refractivity contribution in [3.8, 4) is 0 Å². The first kappa shape index (κ1) is 10.2. The van der Waals surface area contributed by atoms with Crippen molar-refractivity contribution in [1.82, 2.24) is 0 Å². The van der Waals surface area contributed by atoms with Crippen molar-refractivity contribution in [2.45, 2.75) is 25.6 Å². The quantitative estimate of drug-likeness (QED) is 0.559. The van der Waals surface area contributed by atoms with Crippen LogP contribution in [0.1, 0.15) is 23.7 Å². The average Bonchev–Trinajstić information content (AvgIpc) is 3.10. The maximum absolute atomic E-state index is 11.7. The van der Waals surface area contributed by atoms with Gasteiger partial charge in [0.05, 0.1) is 12.2 Å². The molecule has 2 atom stereocenters. The molecule has 0 N–H and O–H groups in total. The molecule has 1 fully saturated rings. The monoisotopic (exact) mass is 206 g/mol. The summed E-state index contributed by atoms with van der Waals surface area (Å²) in [4.78, 5) is 11.7. The minimum atomic E-state index is -0.266. The number of carbonyl (C=O) groups is 1. The van der Waals surface area contributed by atoms with Gasteiger partial charge in [0.2, 0.25) is 0 Å². The van der Waals surface area contributed by atoms with Gasteiger partial charge in [-0.3, -0.25) is 0 Å². The average molecular weight is 206 g/mol. The van der Waals surface area contributed by atoms with Crippen LogP contribution in [-0.2, 0) is 9.47 Å². The maximum atomic E-state index is 11.7. The minimum Gasteiger partial charge on any atom is -0.456 e. The van der Waals surface area contributed by atoms with Gasteiger partial charge in [0.1, 0.15) is 12.2 Å². The topological polar surface area (TPSA) is 38.8 Å². The van der Waals surface area contributed by atoms with Crippen LogP contribution in [0.3, 0.4) is 0 Å². The lowest BCUT2D eigenvalue weighted by atomic mass is 10.2. The number of rotatable bonds is 4. The standard InChI is InChI=1S/C12H14O3/c1-2-10(11-8-14-11)15-12(13)9-6-4-3-5-7-9/h3-7,10-11H,2,8H2,1H3/t10-,11-/m0/s1. The molecule has 1 aromatic carbocycles. The molecule has 0 spiro atoms. The Labute approximate surface area is 89.0 Å². The van der Waals surface area contributed by atoms with E-state index in [1.807, 2.05) is 25.1 Å². The summed E-state index contributed by atoms with van der Waals surface area (Å²) in [5.41, 5.74) is 0.594. The third-order valence-electron chi connectivity index (χ3n) is 2.44. The third-order valence-corrected chi connectivity index (χ3v) is 2.44. The van der Waals surface area contributed by atoms with E-state index in [9.17, 15) is 4.79 Å². The Balaban J connectivity index is 1.96. The van der Waals surface area contributed by atoms with Gasteiger partial charge >= 0.3 is 5.97 Å². The first-order valence-electron chi connectivity index (χ1n) is 5.19. The van der Waals surface area contributed by atoms with Crippen LogP contribution in [0.4, 0.5) is 0 Å². The zero-order chi connectivity index (χ0) is 10.7. The largest absolute Gasteiger partial charge is 0.456 e. The Hall–Kier alpha value is -1.35. The minimum absolute atomic E-state index is 0.0993. The number of hydrogen-bond donors (Lipinski definition) is 0. The summed E-state index contributed by atoms with van der Waals surface area (Å²) in [6.45, 7) is 2.70. The number of carbonyl (C=O) groups excluding carboxylic acids is 1. The summed E-state index contributed by atoms with van der Waals surface area (Å²) in [5, 5.41) is 0. The Bertz CT molecular complexity index is 330. The highest BCUT2D eigenvalue weighted by Crippen LogP contribution is 2.20. The molecule has 0 saturated carbocycles. The van der Waals surface area contributed by atoms with Crippen LogP contribution < -0.4 is 0 Å². The SMILES string of the molecule is CC[C@H](OC(=O)c1ccccc1)[C@@H]1CO1. The van der Waals surface area contributed by atoms with Gasteiger partial charge in [-0.25, -0.2) is 4.79 Å². The lowest BCUT2D eigenvalue weighted by Gasteiger charge is -2.13. The summed E-state index contributed by atoms with van der Waals surface area (Å²) < 4.78 is 10.5. The van der Waals surface area contributed by atoms with E-state index in [4.69, 9.17) is 9.47 Å². The Morgan fingerprint density at radius 2 is 2.20 bits per heavy atom. The molecule has 3 heteroatoms. The second-order valence-electron chi connectivity index (χ2n) is 3.59. The molecule has 1 heterocycles. The Morgan fingerprint density at radius 3 is 2.73 bits per heavy atom. The molecule has 1 aliphatic rings. The van der Waals surface area contributed by atoms with E-state index >= 15 is 0 Å². The van der Waals surface area contributed by atoms with Crippen molar-refractivity contribution < 1.29 is 14.3 Å². The molecule has 1 aliphatic heterocycles. The maximum Gasteiger partial charge on any atom is 0.338 e. The lowest BCUT2D eigenvalue weighted by Crippen LogP contribution is -2.22. The Kier molecular flexibility index (Phi) is 3.02. The van der Waals surface area contributed by atoms with E-state index in [0.29, 0.717) is 12.2 Å². The van der Waals surface area contributed by atoms with Crippen molar-refractivity contribution in [2.24, 2.45) is 0 Å². The molecular weight excluding hydrogens is 192 g/mol. The van der Waals surface area contributed by atoms with Crippen molar-refractivity contribution in [1.29, 1.82) is 0 Å². The van der Waals surface area contributed by atoms with Gasteiger partial charge in [0, 0.05) is 0 Å². The van der Waals surface area contributed by atoms with Crippen LogP contribution >= 0.6 is 0 Å². The van der Waals surface area contributed by atoms with Crippen LogP contribution in [0, 0.1) is 0 Å². The predicted octanol–water partition coefficient (Wildman–Crippen LogP) is 2.02. The van der Waals surface area contributed by atoms with Crippen molar-refractivity contribution in [3.63, 3.8) is 0 Å². The Morgan fingerprint density at radius 1 is 1.53 bits per heavy atom. The van der Waals surface area contributed by atoms with Crippen molar-refractivity contribution in [2.75, 3.05) is 6.61 Å². The molecule has 80 valence electrons. The summed E-state index contributed by atoms with van der Waals surface area (Å²) in [6, 6.07) is 9.03. The van der Waals surface area contributed by atoms with Gasteiger partial charge in [0.15, 0.2) is 0 Å². The second-order valence-corrected chi connectivity index (χ2v) is 3.59. The first-order chi connectivity index (χ1) is 7.31. The fourth-order valence-electron chi connectivity index (χ4n) is 1.47. The molecule has 0 amide bonds. The van der Waals surface area contributed by atoms with Crippen LogP contribution in [0.25, 0.3) is 0 Å². The zero-order valence-electron chi connectivity index (χ0n) is 8.68. The lowest BCUT2D eigenvalue weighted by molar-refractivity contribution is 0.0220. The van der Waals surface area contributed by atoms with Gasteiger partial charge in [-0.2, -0.15) is 0 Å². The van der Waals surface area contributed by atoms with E-state index in [1.54, 1.807) is 12.1 Å². The number of epoxide rings is 1. The zero-order valence-corrected chi connectivity index (χ0v) is 8.68. The summed E-state index contributed by atoms with van der Waals surface area (Å²) in [6.07, 6.45) is 0.809. The van der Waals surface area contributed by atoms with Crippen LogP contribution in [0.15, 0.2) is 30.3 Å². The molecule has 1 aromatic rings. The highest BCUT2D eigenvalue weighted by atomic mass is 16.6. The number of hydrogen-bond acceptors (Lipinski definition) is 3. The molecule has 0 aromatic heterocycles. The molecular formula is C12H14O3. The predicted molar refractivity (Wildman–Crippen MR) is 55.7 cm³/mol. The number of ether oxygens (including phenoxy) is 2. The van der Waals surface area contributed by atoms with E-state index in [1.165, 1.54) is 0 Å². The fourth-order valence-corrected chi connectivity index (χ4v) is 1.47. The van der Waals surface area contributed by atoms with Crippen molar-refractivity contribution in [3.05, 3.63) is 35.9 Å². The van der Waals surface area contributed by atoms with Crippen LogP contribution in [0.2, 0.25) is 0 Å². The van der Waals surface area contributed by atoms with E-state index in [2.05, 4.69) is 0 Å². The van der Waals surface area contributed by atoms with Crippen molar-refractivity contribution >= 4 is 5.97 Å². The molecule has 15 heavy (non-hydrogen) atoms. The second kappa shape index (κ2) is 4.45.